The van der Waals surface area contributed by atoms with E-state index in [1.165, 1.54) is 11.4 Å². The highest BCUT2D eigenvalue weighted by atomic mass is 32.2. The van der Waals surface area contributed by atoms with Crippen molar-refractivity contribution >= 4 is 16.2 Å². The topological polar surface area (TPSA) is 77.9 Å². The van der Waals surface area contributed by atoms with Crippen molar-refractivity contribution in [2.75, 3.05) is 13.6 Å². The number of nitrogens with zero attached hydrogens (tertiary/aromatic N) is 2. The van der Waals surface area contributed by atoms with Gasteiger partial charge in [-0.2, -0.15) is 17.0 Å². The molecule has 0 saturated carbocycles. The van der Waals surface area contributed by atoms with Crippen LogP contribution in [0.2, 0.25) is 0 Å². The summed E-state index contributed by atoms with van der Waals surface area (Å²) in [5, 5.41) is 9.07. The third kappa shape index (κ3) is 2.97. The fraction of sp³-hybridized carbons (Fsp3) is 0.900. The van der Waals surface area contributed by atoms with Gasteiger partial charge in [-0.05, 0) is 33.1 Å². The summed E-state index contributed by atoms with van der Waals surface area (Å²) in [6.07, 6.45) is 1.86. The summed E-state index contributed by atoms with van der Waals surface area (Å²) in [4.78, 5) is 11.1. The Morgan fingerprint density at radius 1 is 1.41 bits per heavy atom. The minimum Gasteiger partial charge on any atom is -0.480 e. The standard InChI is InChI=1S/C10H20N2O4S/c1-8(2)11(3)17(15,16)12-7-5-4-6-9(12)10(13)14/h8-9H,4-7H2,1-3H3,(H,13,14)/t9-/m0/s1. The Morgan fingerprint density at radius 3 is 2.47 bits per heavy atom. The van der Waals surface area contributed by atoms with Crippen LogP contribution in [-0.2, 0) is 15.0 Å². The Bertz CT molecular complexity index is 380. The zero-order valence-corrected chi connectivity index (χ0v) is 11.3. The van der Waals surface area contributed by atoms with Crippen molar-refractivity contribution < 1.29 is 18.3 Å². The smallest absolute Gasteiger partial charge is 0.322 e. The second-order valence-electron chi connectivity index (χ2n) is 4.58. The fourth-order valence-corrected chi connectivity index (χ4v) is 3.60. The molecule has 7 heteroatoms. The number of rotatable bonds is 4. The van der Waals surface area contributed by atoms with Crippen LogP contribution in [0.1, 0.15) is 33.1 Å². The van der Waals surface area contributed by atoms with Gasteiger partial charge >= 0.3 is 5.97 Å². The van der Waals surface area contributed by atoms with Gasteiger partial charge in [-0.25, -0.2) is 0 Å². The molecular formula is C10H20N2O4S. The molecule has 0 bridgehead atoms. The van der Waals surface area contributed by atoms with E-state index in [0.717, 1.165) is 17.1 Å². The molecule has 1 heterocycles. The molecular weight excluding hydrogens is 244 g/mol. The third-order valence-electron chi connectivity index (χ3n) is 3.13. The van der Waals surface area contributed by atoms with E-state index < -0.39 is 22.2 Å². The van der Waals surface area contributed by atoms with E-state index in [1.807, 2.05) is 0 Å². The van der Waals surface area contributed by atoms with Crippen LogP contribution in [0.5, 0.6) is 0 Å². The van der Waals surface area contributed by atoms with Crippen LogP contribution in [0.25, 0.3) is 0 Å². The van der Waals surface area contributed by atoms with Gasteiger partial charge in [0, 0.05) is 19.6 Å². The van der Waals surface area contributed by atoms with Crippen LogP contribution >= 0.6 is 0 Å². The molecule has 0 aromatic carbocycles. The van der Waals surface area contributed by atoms with Gasteiger partial charge in [0.2, 0.25) is 0 Å². The van der Waals surface area contributed by atoms with E-state index in [1.54, 1.807) is 13.8 Å². The summed E-state index contributed by atoms with van der Waals surface area (Å²) in [6, 6.07) is -1.11. The molecule has 6 nitrogen and oxygen atoms in total. The van der Waals surface area contributed by atoms with Crippen molar-refractivity contribution in [3.63, 3.8) is 0 Å². The fourth-order valence-electron chi connectivity index (χ4n) is 1.86. The lowest BCUT2D eigenvalue weighted by atomic mass is 10.1. The predicted molar refractivity (Wildman–Crippen MR) is 63.8 cm³/mol. The van der Waals surface area contributed by atoms with Crippen LogP contribution < -0.4 is 0 Å². The zero-order chi connectivity index (χ0) is 13.2. The van der Waals surface area contributed by atoms with Crippen LogP contribution in [-0.4, -0.2) is 53.8 Å². The van der Waals surface area contributed by atoms with Gasteiger partial charge in [-0.15, -0.1) is 0 Å². The Balaban J connectivity index is 2.99. The lowest BCUT2D eigenvalue weighted by Gasteiger charge is -2.35. The predicted octanol–water partition coefficient (Wildman–Crippen LogP) is 0.510. The molecule has 0 amide bonds. The number of carboxylic acids is 1. The first kappa shape index (κ1) is 14.4. The molecule has 0 aromatic heterocycles. The van der Waals surface area contributed by atoms with Gasteiger partial charge in [0.15, 0.2) is 0 Å². The first-order valence-electron chi connectivity index (χ1n) is 5.76. The largest absolute Gasteiger partial charge is 0.480 e. The number of carbonyl (C=O) groups is 1. The summed E-state index contributed by atoms with van der Waals surface area (Å²) < 4.78 is 26.8. The molecule has 0 aliphatic carbocycles. The molecule has 1 rings (SSSR count). The maximum absolute atomic E-state index is 12.2. The average molecular weight is 264 g/mol. The maximum Gasteiger partial charge on any atom is 0.322 e. The van der Waals surface area contributed by atoms with Crippen molar-refractivity contribution in [2.45, 2.75) is 45.2 Å². The van der Waals surface area contributed by atoms with Crippen molar-refractivity contribution in [2.24, 2.45) is 0 Å². The second kappa shape index (κ2) is 5.32. The Morgan fingerprint density at radius 2 is 2.00 bits per heavy atom. The van der Waals surface area contributed by atoms with Crippen LogP contribution in [0, 0.1) is 0 Å². The van der Waals surface area contributed by atoms with E-state index >= 15 is 0 Å². The Kier molecular flexibility index (Phi) is 4.51. The number of hydrogen-bond acceptors (Lipinski definition) is 3. The van der Waals surface area contributed by atoms with Gasteiger partial charge in [0.05, 0.1) is 0 Å². The number of carboxylic acid groups (broad SMARTS) is 1. The molecule has 1 atom stereocenters. The second-order valence-corrected chi connectivity index (χ2v) is 6.52. The Hall–Kier alpha value is -0.660. The minimum absolute atomic E-state index is 0.184. The zero-order valence-electron chi connectivity index (χ0n) is 10.5. The third-order valence-corrected chi connectivity index (χ3v) is 5.31. The molecule has 0 radical (unpaired) electrons. The number of piperidine rings is 1. The van der Waals surface area contributed by atoms with E-state index in [-0.39, 0.29) is 12.6 Å². The van der Waals surface area contributed by atoms with E-state index in [2.05, 4.69) is 0 Å². The van der Waals surface area contributed by atoms with E-state index in [4.69, 9.17) is 5.11 Å². The van der Waals surface area contributed by atoms with E-state index in [9.17, 15) is 13.2 Å². The SMILES string of the molecule is CC(C)N(C)S(=O)(=O)N1CCCC[C@H]1C(=O)O. The van der Waals surface area contributed by atoms with Gasteiger partial charge < -0.3 is 5.11 Å². The van der Waals surface area contributed by atoms with Gasteiger partial charge in [-0.3, -0.25) is 4.79 Å². The molecule has 1 aliphatic rings. The molecule has 1 fully saturated rings. The molecule has 17 heavy (non-hydrogen) atoms. The molecule has 0 spiro atoms. The lowest BCUT2D eigenvalue weighted by molar-refractivity contribution is -0.142. The molecule has 1 aliphatic heterocycles. The minimum atomic E-state index is -3.67. The quantitative estimate of drug-likeness (QED) is 0.802. The van der Waals surface area contributed by atoms with Crippen molar-refractivity contribution in [3.8, 4) is 0 Å². The highest BCUT2D eigenvalue weighted by molar-refractivity contribution is 7.86. The number of aliphatic carboxylic acids is 1. The van der Waals surface area contributed by atoms with E-state index in [0.29, 0.717) is 6.42 Å². The monoisotopic (exact) mass is 264 g/mol. The van der Waals surface area contributed by atoms with Gasteiger partial charge in [-0.1, -0.05) is 0 Å². The van der Waals surface area contributed by atoms with Crippen molar-refractivity contribution in [1.29, 1.82) is 0 Å². The Labute approximate surface area is 102 Å². The highest BCUT2D eigenvalue weighted by Gasteiger charge is 2.39. The van der Waals surface area contributed by atoms with Crippen molar-refractivity contribution in [1.82, 2.24) is 8.61 Å². The van der Waals surface area contributed by atoms with Crippen LogP contribution in [0.4, 0.5) is 0 Å². The molecule has 100 valence electrons. The summed E-state index contributed by atoms with van der Waals surface area (Å²) >= 11 is 0. The summed E-state index contributed by atoms with van der Waals surface area (Å²) in [5.41, 5.74) is 0. The molecule has 0 unspecified atom stereocenters. The molecule has 1 N–H and O–H groups in total. The van der Waals surface area contributed by atoms with Crippen LogP contribution in [0.15, 0.2) is 0 Å². The molecule has 0 aromatic rings. The lowest BCUT2D eigenvalue weighted by Crippen LogP contribution is -2.53. The maximum atomic E-state index is 12.2. The first-order chi connectivity index (χ1) is 7.78. The van der Waals surface area contributed by atoms with Crippen LogP contribution in [0.3, 0.4) is 0 Å². The first-order valence-corrected chi connectivity index (χ1v) is 7.15. The normalized spacial score (nSPS) is 23.2. The summed E-state index contributed by atoms with van der Waals surface area (Å²) in [5.74, 6) is -1.06. The summed E-state index contributed by atoms with van der Waals surface area (Å²) in [7, 11) is -2.19. The summed E-state index contributed by atoms with van der Waals surface area (Å²) in [6.45, 7) is 3.81. The highest BCUT2D eigenvalue weighted by Crippen LogP contribution is 2.23. The molecule has 1 saturated heterocycles. The number of hydrogen-bond donors (Lipinski definition) is 1. The van der Waals surface area contributed by atoms with Gasteiger partial charge in [0.1, 0.15) is 6.04 Å². The van der Waals surface area contributed by atoms with Crippen molar-refractivity contribution in [3.05, 3.63) is 0 Å². The van der Waals surface area contributed by atoms with Gasteiger partial charge in [0.25, 0.3) is 10.2 Å². The average Bonchev–Trinajstić information content (AvgIpc) is 2.27.